The number of imidazole rings is 1. The van der Waals surface area contributed by atoms with Crippen LogP contribution in [0.2, 0.25) is 0 Å². The van der Waals surface area contributed by atoms with Gasteiger partial charge in [0.25, 0.3) is 0 Å². The number of aromatic nitrogens is 2. The van der Waals surface area contributed by atoms with Crippen LogP contribution in [0.15, 0.2) is 48.7 Å². The average molecular weight is 455 g/mol. The molecule has 0 atom stereocenters. The van der Waals surface area contributed by atoms with Gasteiger partial charge in [-0.25, -0.2) is 13.8 Å². The third-order valence-electron chi connectivity index (χ3n) is 4.67. The summed E-state index contributed by atoms with van der Waals surface area (Å²) in [6.07, 6.45) is 4.48. The molecule has 2 aromatic carbocycles. The SMILES string of the molecule is COc1ccc(-c2nc3sc(C)cn3c2/C=C/C(=O)c2cc(F)cc(F)c2)cc1[N+](=O)[O-]. The first-order chi connectivity index (χ1) is 15.3. The smallest absolute Gasteiger partial charge is 0.311 e. The Hall–Kier alpha value is -3.92. The van der Waals surface area contributed by atoms with Crippen molar-refractivity contribution in [2.75, 3.05) is 7.11 Å². The van der Waals surface area contributed by atoms with E-state index in [1.807, 2.05) is 13.1 Å². The minimum atomic E-state index is -0.854. The fourth-order valence-electron chi connectivity index (χ4n) is 3.27. The van der Waals surface area contributed by atoms with Gasteiger partial charge in [0.2, 0.25) is 0 Å². The molecule has 0 aliphatic carbocycles. The zero-order valence-electron chi connectivity index (χ0n) is 16.8. The van der Waals surface area contributed by atoms with Crippen LogP contribution in [0.4, 0.5) is 14.5 Å². The molecular formula is C22H15F2N3O4S. The average Bonchev–Trinajstić information content (AvgIpc) is 3.26. The molecule has 7 nitrogen and oxygen atoms in total. The lowest BCUT2D eigenvalue weighted by Crippen LogP contribution is -1.97. The Morgan fingerprint density at radius 3 is 2.59 bits per heavy atom. The molecule has 4 aromatic rings. The third-order valence-corrected chi connectivity index (χ3v) is 5.57. The predicted octanol–water partition coefficient (Wildman–Crippen LogP) is 5.46. The molecule has 0 saturated carbocycles. The Labute approximate surface area is 184 Å². The summed E-state index contributed by atoms with van der Waals surface area (Å²) in [4.78, 5) is 29.5. The minimum absolute atomic E-state index is 0.107. The van der Waals surface area contributed by atoms with E-state index in [-0.39, 0.29) is 17.0 Å². The second kappa shape index (κ2) is 8.31. The van der Waals surface area contributed by atoms with Gasteiger partial charge in [0.05, 0.1) is 23.4 Å². The van der Waals surface area contributed by atoms with Crippen molar-refractivity contribution in [2.45, 2.75) is 6.92 Å². The Balaban J connectivity index is 1.82. The first-order valence-corrected chi connectivity index (χ1v) is 10.1. The first-order valence-electron chi connectivity index (χ1n) is 9.26. The second-order valence-electron chi connectivity index (χ2n) is 6.84. The number of halogens is 2. The predicted molar refractivity (Wildman–Crippen MR) is 116 cm³/mol. The fraction of sp³-hybridized carbons (Fsp3) is 0.0909. The van der Waals surface area contributed by atoms with Crippen LogP contribution in [0, 0.1) is 28.7 Å². The van der Waals surface area contributed by atoms with Crippen molar-refractivity contribution in [3.63, 3.8) is 0 Å². The van der Waals surface area contributed by atoms with E-state index in [9.17, 15) is 23.7 Å². The Morgan fingerprint density at radius 2 is 1.94 bits per heavy atom. The van der Waals surface area contributed by atoms with Crippen molar-refractivity contribution < 1.29 is 23.2 Å². The summed E-state index contributed by atoms with van der Waals surface area (Å²) in [6.45, 7) is 1.89. The summed E-state index contributed by atoms with van der Waals surface area (Å²) < 4.78 is 33.7. The molecule has 0 bridgehead atoms. The van der Waals surface area contributed by atoms with Gasteiger partial charge in [-0.1, -0.05) is 0 Å². The largest absolute Gasteiger partial charge is 0.490 e. The van der Waals surface area contributed by atoms with E-state index >= 15 is 0 Å². The molecule has 10 heteroatoms. The molecule has 32 heavy (non-hydrogen) atoms. The minimum Gasteiger partial charge on any atom is -0.490 e. The molecule has 0 amide bonds. The molecule has 0 unspecified atom stereocenters. The highest BCUT2D eigenvalue weighted by Crippen LogP contribution is 2.35. The van der Waals surface area contributed by atoms with Gasteiger partial charge in [-0.2, -0.15) is 0 Å². The highest BCUT2D eigenvalue weighted by Gasteiger charge is 2.20. The molecule has 0 fully saturated rings. The van der Waals surface area contributed by atoms with E-state index < -0.39 is 22.3 Å². The third kappa shape index (κ3) is 4.00. The zero-order valence-corrected chi connectivity index (χ0v) is 17.7. The lowest BCUT2D eigenvalue weighted by Gasteiger charge is -2.05. The molecule has 2 heterocycles. The quantitative estimate of drug-likeness (QED) is 0.167. The summed E-state index contributed by atoms with van der Waals surface area (Å²) in [5, 5.41) is 11.4. The van der Waals surface area contributed by atoms with Crippen LogP contribution in [0.3, 0.4) is 0 Å². The summed E-state index contributed by atoms with van der Waals surface area (Å²) in [7, 11) is 1.34. The highest BCUT2D eigenvalue weighted by molar-refractivity contribution is 7.17. The maximum Gasteiger partial charge on any atom is 0.311 e. The van der Waals surface area contributed by atoms with Gasteiger partial charge in [0.15, 0.2) is 16.5 Å². The molecule has 0 aliphatic heterocycles. The van der Waals surface area contributed by atoms with E-state index in [0.29, 0.717) is 28.0 Å². The van der Waals surface area contributed by atoms with Crippen LogP contribution in [0.5, 0.6) is 5.75 Å². The summed E-state index contributed by atoms with van der Waals surface area (Å²) in [5.74, 6) is -2.20. The van der Waals surface area contributed by atoms with E-state index in [1.165, 1.54) is 42.7 Å². The van der Waals surface area contributed by atoms with Crippen molar-refractivity contribution >= 4 is 33.8 Å². The number of carbonyl (C=O) groups is 1. The number of aryl methyl sites for hydroxylation is 1. The van der Waals surface area contributed by atoms with Crippen molar-refractivity contribution in [3.05, 3.63) is 86.6 Å². The molecule has 2 aromatic heterocycles. The zero-order chi connectivity index (χ0) is 23.0. The number of hydrogen-bond donors (Lipinski definition) is 0. The lowest BCUT2D eigenvalue weighted by molar-refractivity contribution is -0.385. The number of benzene rings is 2. The van der Waals surface area contributed by atoms with E-state index in [2.05, 4.69) is 4.98 Å². The van der Waals surface area contributed by atoms with E-state index in [0.717, 1.165) is 17.0 Å². The normalized spacial score (nSPS) is 11.4. The number of carbonyl (C=O) groups excluding carboxylic acids is 1. The molecule has 4 rings (SSSR count). The second-order valence-corrected chi connectivity index (χ2v) is 8.05. The Kier molecular flexibility index (Phi) is 5.54. The molecule has 0 N–H and O–H groups in total. The lowest BCUT2D eigenvalue weighted by atomic mass is 10.1. The summed E-state index contributed by atoms with van der Waals surface area (Å²) in [5.41, 5.74) is 1.00. The number of nitro groups is 1. The van der Waals surface area contributed by atoms with Crippen LogP contribution < -0.4 is 4.74 Å². The highest BCUT2D eigenvalue weighted by atomic mass is 32.1. The van der Waals surface area contributed by atoms with Crippen LogP contribution in [-0.4, -0.2) is 27.2 Å². The van der Waals surface area contributed by atoms with Gasteiger partial charge in [-0.15, -0.1) is 11.3 Å². The van der Waals surface area contributed by atoms with Gasteiger partial charge >= 0.3 is 5.69 Å². The molecular weight excluding hydrogens is 440 g/mol. The van der Waals surface area contributed by atoms with Crippen molar-refractivity contribution in [1.82, 2.24) is 9.38 Å². The first kappa shape index (κ1) is 21.3. The summed E-state index contributed by atoms with van der Waals surface area (Å²) >= 11 is 1.41. The number of hydrogen-bond acceptors (Lipinski definition) is 6. The maximum absolute atomic E-state index is 13.5. The molecule has 0 radical (unpaired) electrons. The fourth-order valence-corrected chi connectivity index (χ4v) is 4.10. The molecule has 0 saturated heterocycles. The topological polar surface area (TPSA) is 86.7 Å². The van der Waals surface area contributed by atoms with Crippen LogP contribution >= 0.6 is 11.3 Å². The van der Waals surface area contributed by atoms with Crippen LogP contribution in [-0.2, 0) is 0 Å². The van der Waals surface area contributed by atoms with Crippen molar-refractivity contribution in [3.8, 4) is 17.0 Å². The van der Waals surface area contributed by atoms with Gasteiger partial charge in [0.1, 0.15) is 11.6 Å². The Morgan fingerprint density at radius 1 is 1.22 bits per heavy atom. The number of allylic oxidation sites excluding steroid dienone is 1. The van der Waals surface area contributed by atoms with Crippen LogP contribution in [0.1, 0.15) is 20.9 Å². The summed E-state index contributed by atoms with van der Waals surface area (Å²) in [6, 6.07) is 7.03. The van der Waals surface area contributed by atoms with Gasteiger partial charge in [-0.3, -0.25) is 19.3 Å². The number of fused-ring (bicyclic) bond motifs is 1. The van der Waals surface area contributed by atoms with Crippen molar-refractivity contribution in [2.24, 2.45) is 0 Å². The van der Waals surface area contributed by atoms with Gasteiger partial charge in [-0.05, 0) is 43.3 Å². The number of rotatable bonds is 6. The van der Waals surface area contributed by atoms with E-state index in [1.54, 1.807) is 10.5 Å². The molecule has 0 aliphatic rings. The van der Waals surface area contributed by atoms with Gasteiger partial charge < -0.3 is 4.74 Å². The van der Waals surface area contributed by atoms with E-state index in [4.69, 9.17) is 4.74 Å². The monoisotopic (exact) mass is 455 g/mol. The Bertz CT molecular complexity index is 1390. The van der Waals surface area contributed by atoms with Crippen LogP contribution in [0.25, 0.3) is 22.3 Å². The molecule has 0 spiro atoms. The van der Waals surface area contributed by atoms with Gasteiger partial charge in [0, 0.05) is 34.3 Å². The van der Waals surface area contributed by atoms with Crippen molar-refractivity contribution in [1.29, 1.82) is 0 Å². The number of nitrogens with zero attached hydrogens (tertiary/aromatic N) is 3. The number of methoxy groups -OCH3 is 1. The number of ether oxygens (including phenoxy) is 1. The number of ketones is 1. The maximum atomic E-state index is 13.5. The number of nitro benzene ring substituents is 1. The standard InChI is InChI=1S/C22H15F2N3O4S/c1-12-11-26-17(4-5-19(28)14-7-15(23)10-16(24)8-14)21(25-22(26)32-12)13-3-6-20(31-2)18(9-13)27(29)30/h3-11H,1-2H3/b5-4+. The molecule has 162 valence electrons. The number of thiazole rings is 1.